The normalized spacial score (nSPS) is 12.5. The van der Waals surface area contributed by atoms with E-state index >= 15 is 0 Å². The van der Waals surface area contributed by atoms with Crippen LogP contribution in [0.3, 0.4) is 0 Å². The summed E-state index contributed by atoms with van der Waals surface area (Å²) in [6, 6.07) is 0. The van der Waals surface area contributed by atoms with E-state index in [4.69, 9.17) is 17.0 Å². The third-order valence-corrected chi connectivity index (χ3v) is 3.75. The summed E-state index contributed by atoms with van der Waals surface area (Å²) in [5, 5.41) is 0.399. The molecule has 0 aliphatic carbocycles. The largest absolute Gasteiger partial charge is 0.463 e. The van der Waals surface area contributed by atoms with E-state index < -0.39 is 0 Å². The van der Waals surface area contributed by atoms with Crippen LogP contribution in [0.2, 0.25) is 0 Å². The van der Waals surface area contributed by atoms with Crippen molar-refractivity contribution in [1.29, 1.82) is 0 Å². The first kappa shape index (κ1) is 18.9. The summed E-state index contributed by atoms with van der Waals surface area (Å²) in [5.74, 6) is -0.0881. The van der Waals surface area contributed by atoms with Crippen LogP contribution < -0.4 is 0 Å². The molecule has 1 atom stereocenters. The van der Waals surface area contributed by atoms with Gasteiger partial charge in [0.05, 0.1) is 6.10 Å². The fourth-order valence-electron chi connectivity index (χ4n) is 1.85. The van der Waals surface area contributed by atoms with E-state index in [-0.39, 0.29) is 12.1 Å². The van der Waals surface area contributed by atoms with E-state index in [1.165, 1.54) is 4.86 Å². The fraction of sp³-hybridized carbons (Fsp3) is 0.867. The van der Waals surface area contributed by atoms with Crippen LogP contribution >= 0.6 is 24.8 Å². The van der Waals surface area contributed by atoms with Gasteiger partial charge in [0.25, 0.3) is 0 Å². The highest BCUT2D eigenvalue weighted by atomic mass is 32.1. The van der Waals surface area contributed by atoms with Crippen molar-refractivity contribution in [3.05, 3.63) is 0 Å². The molecule has 0 aromatic heterocycles. The maximum absolute atomic E-state index is 11.3. The Balaban J connectivity index is 3.50. The molecule has 0 heterocycles. The molecular formula is C15H28O2S2. The van der Waals surface area contributed by atoms with Crippen molar-refractivity contribution in [2.45, 2.75) is 83.5 Å². The maximum atomic E-state index is 11.3. The molecule has 0 saturated carbocycles. The van der Waals surface area contributed by atoms with E-state index in [1.54, 1.807) is 0 Å². The molecular weight excluding hydrogens is 276 g/mol. The lowest BCUT2D eigenvalue weighted by molar-refractivity contribution is -0.147. The predicted molar refractivity (Wildman–Crippen MR) is 89.2 cm³/mol. The molecule has 0 aliphatic heterocycles. The molecule has 1 unspecified atom stereocenters. The van der Waals surface area contributed by atoms with Crippen LogP contribution in [-0.4, -0.2) is 22.2 Å². The number of hydrogen-bond donors (Lipinski definition) is 1. The SMILES string of the molecule is CCCC(=S)CCC(S)CCCCC(=O)OC(C)C. The third-order valence-electron chi connectivity index (χ3n) is 2.82. The molecule has 0 fully saturated rings. The molecule has 0 saturated heterocycles. The average Bonchev–Trinajstić information content (AvgIpc) is 2.31. The Kier molecular flexibility index (Phi) is 11.7. The van der Waals surface area contributed by atoms with Gasteiger partial charge < -0.3 is 4.74 Å². The smallest absolute Gasteiger partial charge is 0.306 e. The molecule has 0 aromatic rings. The van der Waals surface area contributed by atoms with Crippen LogP contribution in [0.4, 0.5) is 0 Å². The first-order valence-corrected chi connectivity index (χ1v) is 8.27. The molecule has 0 bridgehead atoms. The number of rotatable bonds is 11. The maximum Gasteiger partial charge on any atom is 0.306 e. The second-order valence-corrected chi connectivity index (χ2v) is 6.57. The Morgan fingerprint density at radius 3 is 2.42 bits per heavy atom. The summed E-state index contributed by atoms with van der Waals surface area (Å²) in [4.78, 5) is 12.5. The number of esters is 1. The number of unbranched alkanes of at least 4 members (excludes halogenated alkanes) is 1. The summed E-state index contributed by atoms with van der Waals surface area (Å²) in [6.45, 7) is 5.91. The zero-order valence-corrected chi connectivity index (χ0v) is 14.2. The van der Waals surface area contributed by atoms with Crippen molar-refractivity contribution >= 4 is 35.7 Å². The molecule has 2 nitrogen and oxygen atoms in total. The molecule has 19 heavy (non-hydrogen) atoms. The highest BCUT2D eigenvalue weighted by Crippen LogP contribution is 2.16. The average molecular weight is 305 g/mol. The van der Waals surface area contributed by atoms with Gasteiger partial charge in [0, 0.05) is 11.7 Å². The lowest BCUT2D eigenvalue weighted by atomic mass is 10.1. The molecule has 0 N–H and O–H groups in total. The Morgan fingerprint density at radius 1 is 1.16 bits per heavy atom. The number of hydrogen-bond acceptors (Lipinski definition) is 4. The molecule has 0 aliphatic rings. The summed E-state index contributed by atoms with van der Waals surface area (Å²) >= 11 is 9.86. The van der Waals surface area contributed by atoms with Crippen LogP contribution in [0, 0.1) is 0 Å². The first-order valence-electron chi connectivity index (χ1n) is 7.35. The van der Waals surface area contributed by atoms with E-state index in [0.717, 1.165) is 44.9 Å². The Bertz CT molecular complexity index is 265. The van der Waals surface area contributed by atoms with Crippen molar-refractivity contribution in [3.63, 3.8) is 0 Å². The number of carbonyl (C=O) groups is 1. The number of thiol groups is 1. The van der Waals surface area contributed by atoms with E-state index in [1.807, 2.05) is 13.8 Å². The van der Waals surface area contributed by atoms with Crippen LogP contribution in [-0.2, 0) is 9.53 Å². The molecule has 0 rings (SSSR count). The highest BCUT2D eigenvalue weighted by Gasteiger charge is 2.08. The zero-order valence-electron chi connectivity index (χ0n) is 12.5. The van der Waals surface area contributed by atoms with E-state index in [2.05, 4.69) is 19.6 Å². The van der Waals surface area contributed by atoms with Gasteiger partial charge in [-0.15, -0.1) is 0 Å². The molecule has 0 radical (unpaired) electrons. The topological polar surface area (TPSA) is 26.3 Å². The summed E-state index contributed by atoms with van der Waals surface area (Å²) in [6.07, 6.45) is 7.73. The van der Waals surface area contributed by atoms with E-state index in [0.29, 0.717) is 11.7 Å². The Morgan fingerprint density at radius 2 is 1.84 bits per heavy atom. The minimum Gasteiger partial charge on any atom is -0.463 e. The monoisotopic (exact) mass is 304 g/mol. The quantitative estimate of drug-likeness (QED) is 0.258. The van der Waals surface area contributed by atoms with Gasteiger partial charge in [-0.2, -0.15) is 12.6 Å². The minimum absolute atomic E-state index is 0.00953. The van der Waals surface area contributed by atoms with Gasteiger partial charge >= 0.3 is 5.97 Å². The molecule has 0 spiro atoms. The van der Waals surface area contributed by atoms with Crippen molar-refractivity contribution < 1.29 is 9.53 Å². The second kappa shape index (κ2) is 11.7. The molecule has 112 valence electrons. The molecule has 0 aromatic carbocycles. The van der Waals surface area contributed by atoms with Gasteiger partial charge in [-0.3, -0.25) is 4.79 Å². The van der Waals surface area contributed by atoms with Gasteiger partial charge in [-0.25, -0.2) is 0 Å². The number of ether oxygens (including phenoxy) is 1. The van der Waals surface area contributed by atoms with Crippen LogP contribution in [0.1, 0.15) is 72.1 Å². The van der Waals surface area contributed by atoms with Crippen molar-refractivity contribution in [1.82, 2.24) is 0 Å². The van der Waals surface area contributed by atoms with Gasteiger partial charge in [0.1, 0.15) is 0 Å². The summed E-state index contributed by atoms with van der Waals surface area (Å²) in [5.41, 5.74) is 0. The van der Waals surface area contributed by atoms with Crippen molar-refractivity contribution in [2.75, 3.05) is 0 Å². The standard InChI is InChI=1S/C15H28O2S2/c1-4-7-13(18)10-11-14(19)8-5-6-9-15(16)17-12(2)3/h12,14,19H,4-11H2,1-3H3. The van der Waals surface area contributed by atoms with Gasteiger partial charge in [-0.1, -0.05) is 32.0 Å². The third kappa shape index (κ3) is 12.7. The zero-order chi connectivity index (χ0) is 14.7. The van der Waals surface area contributed by atoms with Crippen LogP contribution in [0.25, 0.3) is 0 Å². The number of carbonyl (C=O) groups excluding carboxylic acids is 1. The number of thiocarbonyl (C=S) groups is 1. The lowest BCUT2D eigenvalue weighted by Gasteiger charge is -2.11. The fourth-order valence-corrected chi connectivity index (χ4v) is 2.48. The Labute approximate surface area is 129 Å². The van der Waals surface area contributed by atoms with Crippen LogP contribution in [0.15, 0.2) is 0 Å². The predicted octanol–water partition coefficient (Wildman–Crippen LogP) is 4.75. The molecule has 4 heteroatoms. The second-order valence-electron chi connectivity index (χ2n) is 5.27. The van der Waals surface area contributed by atoms with E-state index in [9.17, 15) is 4.79 Å². The minimum atomic E-state index is -0.0881. The van der Waals surface area contributed by atoms with Crippen molar-refractivity contribution in [3.8, 4) is 0 Å². The summed E-state index contributed by atoms with van der Waals surface area (Å²) in [7, 11) is 0. The van der Waals surface area contributed by atoms with Gasteiger partial charge in [0.2, 0.25) is 0 Å². The first-order chi connectivity index (χ1) is 8.95. The van der Waals surface area contributed by atoms with Crippen LogP contribution in [0.5, 0.6) is 0 Å². The Hall–Kier alpha value is -0.0900. The summed E-state index contributed by atoms with van der Waals surface area (Å²) < 4.78 is 5.09. The van der Waals surface area contributed by atoms with Gasteiger partial charge in [0.15, 0.2) is 0 Å². The lowest BCUT2D eigenvalue weighted by Crippen LogP contribution is -2.11. The highest BCUT2D eigenvalue weighted by molar-refractivity contribution is 7.81. The van der Waals surface area contributed by atoms with Gasteiger partial charge in [-0.05, 0) is 50.8 Å². The van der Waals surface area contributed by atoms with Crippen molar-refractivity contribution in [2.24, 2.45) is 0 Å². The molecule has 0 amide bonds.